The van der Waals surface area contributed by atoms with E-state index in [9.17, 15) is 10.0 Å². The van der Waals surface area contributed by atoms with Crippen LogP contribution in [0.4, 0.5) is 11.4 Å². The summed E-state index contributed by atoms with van der Waals surface area (Å²) >= 11 is 0. The molecule has 0 aliphatic carbocycles. The summed E-state index contributed by atoms with van der Waals surface area (Å²) < 4.78 is 0. The third-order valence-electron chi connectivity index (χ3n) is 3.87. The minimum absolute atomic E-state index is 0.120. The van der Waals surface area contributed by atoms with Gasteiger partial charge in [-0.1, -0.05) is 74.4 Å². The molecule has 3 aromatic rings. The molecule has 0 atom stereocenters. The molecular weight excluding hydrogens is 324 g/mol. The first-order valence-electron chi connectivity index (χ1n) is 8.64. The van der Waals surface area contributed by atoms with Gasteiger partial charge in [0.05, 0.1) is 5.69 Å². The van der Waals surface area contributed by atoms with Crippen molar-refractivity contribution >= 4 is 11.4 Å². The van der Waals surface area contributed by atoms with E-state index in [2.05, 4.69) is 50.2 Å². The van der Waals surface area contributed by atoms with Crippen molar-refractivity contribution in [1.82, 2.24) is 0 Å². The first-order chi connectivity index (χ1) is 12.5. The van der Waals surface area contributed by atoms with Crippen LogP contribution >= 0.6 is 0 Å². The van der Waals surface area contributed by atoms with Crippen LogP contribution in [0.25, 0.3) is 22.3 Å². The molecule has 3 aromatic carbocycles. The lowest BCUT2D eigenvalue weighted by atomic mass is 9.98. The molecular formula is C22H24N2O2. The molecule has 4 heteroatoms. The highest BCUT2D eigenvalue weighted by Crippen LogP contribution is 2.40. The average molecular weight is 348 g/mol. The number of phenols is 1. The molecule has 0 aliphatic rings. The number of aromatic hydroxyl groups is 1. The maximum atomic E-state index is 10.8. The molecule has 0 unspecified atom stereocenters. The third-order valence-corrected chi connectivity index (χ3v) is 3.87. The molecule has 0 saturated carbocycles. The molecule has 0 heterocycles. The van der Waals surface area contributed by atoms with Crippen molar-refractivity contribution in [2.75, 3.05) is 5.73 Å². The summed E-state index contributed by atoms with van der Waals surface area (Å²) in [6, 6.07) is 19.3. The summed E-state index contributed by atoms with van der Waals surface area (Å²) in [6.45, 7) is 6.30. The second-order valence-corrected chi connectivity index (χ2v) is 6.14. The van der Waals surface area contributed by atoms with Gasteiger partial charge in [-0.05, 0) is 40.9 Å². The summed E-state index contributed by atoms with van der Waals surface area (Å²) in [7, 11) is 0. The van der Waals surface area contributed by atoms with Crippen molar-refractivity contribution < 1.29 is 5.11 Å². The standard InChI is InChI=1S/C19H16N2O2.C3H8/c1-12-2-4-13(5-3-12)14-6-8-15(9-7-14)16-10-11-17(22)19(21-23)18(16)20;1-3-2/h2-11,22H,20H2,1H3;3H2,1-2H3. The van der Waals surface area contributed by atoms with E-state index in [0.29, 0.717) is 5.56 Å². The van der Waals surface area contributed by atoms with Crippen molar-refractivity contribution in [3.63, 3.8) is 0 Å². The molecule has 134 valence electrons. The van der Waals surface area contributed by atoms with E-state index in [0.717, 1.165) is 16.7 Å². The number of phenolic OH excluding ortho intramolecular Hbond substituents is 1. The quantitative estimate of drug-likeness (QED) is 0.423. The monoisotopic (exact) mass is 348 g/mol. The Kier molecular flexibility index (Phi) is 6.50. The van der Waals surface area contributed by atoms with Gasteiger partial charge in [-0.25, -0.2) is 0 Å². The van der Waals surface area contributed by atoms with Crippen molar-refractivity contribution in [2.45, 2.75) is 27.2 Å². The van der Waals surface area contributed by atoms with Crippen LogP contribution in [0.15, 0.2) is 65.8 Å². The number of nitroso groups, excluding NO2 is 1. The average Bonchev–Trinajstić information content (AvgIpc) is 2.64. The first kappa shape index (κ1) is 19.2. The molecule has 3 rings (SSSR count). The lowest BCUT2D eigenvalue weighted by Crippen LogP contribution is -1.91. The molecule has 3 N–H and O–H groups in total. The van der Waals surface area contributed by atoms with Crippen LogP contribution < -0.4 is 5.73 Å². The first-order valence-corrected chi connectivity index (χ1v) is 8.64. The Labute approximate surface area is 154 Å². The van der Waals surface area contributed by atoms with Crippen molar-refractivity contribution in [2.24, 2.45) is 5.18 Å². The molecule has 4 nitrogen and oxygen atoms in total. The lowest BCUT2D eigenvalue weighted by Gasteiger charge is -2.10. The number of nitrogen functional groups attached to an aromatic ring is 1. The Balaban J connectivity index is 0.000000758. The van der Waals surface area contributed by atoms with Crippen molar-refractivity contribution in [3.05, 3.63) is 71.1 Å². The van der Waals surface area contributed by atoms with Crippen molar-refractivity contribution in [3.8, 4) is 28.0 Å². The van der Waals surface area contributed by atoms with Gasteiger partial charge in [0, 0.05) is 5.56 Å². The smallest absolute Gasteiger partial charge is 0.173 e. The molecule has 0 saturated heterocycles. The van der Waals surface area contributed by atoms with E-state index in [1.807, 2.05) is 24.3 Å². The summed E-state index contributed by atoms with van der Waals surface area (Å²) in [6.07, 6.45) is 1.25. The van der Waals surface area contributed by atoms with Crippen LogP contribution in [-0.4, -0.2) is 5.11 Å². The summed E-state index contributed by atoms with van der Waals surface area (Å²) in [4.78, 5) is 10.8. The fourth-order valence-electron chi connectivity index (χ4n) is 2.53. The Morgan fingerprint density at radius 3 is 1.81 bits per heavy atom. The predicted molar refractivity (Wildman–Crippen MR) is 110 cm³/mol. The maximum absolute atomic E-state index is 10.8. The highest BCUT2D eigenvalue weighted by Gasteiger charge is 2.12. The molecule has 0 fully saturated rings. The number of hydrogen-bond donors (Lipinski definition) is 2. The van der Waals surface area contributed by atoms with E-state index >= 15 is 0 Å². The van der Waals surface area contributed by atoms with E-state index in [-0.39, 0.29) is 17.1 Å². The van der Waals surface area contributed by atoms with E-state index in [1.54, 1.807) is 6.07 Å². The predicted octanol–water partition coefficient (Wildman–Crippen LogP) is 6.43. The molecule has 0 aromatic heterocycles. The fraction of sp³-hybridized carbons (Fsp3) is 0.182. The highest BCUT2D eigenvalue weighted by molar-refractivity contribution is 5.87. The Morgan fingerprint density at radius 2 is 1.31 bits per heavy atom. The summed E-state index contributed by atoms with van der Waals surface area (Å²) in [5.74, 6) is -0.211. The number of hydrogen-bond acceptors (Lipinski definition) is 4. The van der Waals surface area contributed by atoms with Gasteiger partial charge in [-0.2, -0.15) is 0 Å². The highest BCUT2D eigenvalue weighted by atomic mass is 16.3. The summed E-state index contributed by atoms with van der Waals surface area (Å²) in [5.41, 5.74) is 11.0. The molecule has 0 radical (unpaired) electrons. The Morgan fingerprint density at radius 1 is 0.846 bits per heavy atom. The van der Waals surface area contributed by atoms with E-state index in [1.165, 1.54) is 18.1 Å². The van der Waals surface area contributed by atoms with Gasteiger partial charge in [-0.3, -0.25) is 0 Å². The topological polar surface area (TPSA) is 75.7 Å². The molecule has 26 heavy (non-hydrogen) atoms. The maximum Gasteiger partial charge on any atom is 0.173 e. The van der Waals surface area contributed by atoms with Gasteiger partial charge < -0.3 is 10.8 Å². The minimum atomic E-state index is -0.211. The second kappa shape index (κ2) is 8.81. The van der Waals surface area contributed by atoms with Gasteiger partial charge in [0.1, 0.15) is 5.75 Å². The van der Waals surface area contributed by atoms with Gasteiger partial charge >= 0.3 is 0 Å². The molecule has 0 amide bonds. The van der Waals surface area contributed by atoms with Gasteiger partial charge in [-0.15, -0.1) is 4.91 Å². The number of anilines is 1. The zero-order chi connectivity index (χ0) is 19.1. The van der Waals surface area contributed by atoms with Crippen LogP contribution in [-0.2, 0) is 0 Å². The van der Waals surface area contributed by atoms with Crippen molar-refractivity contribution in [1.29, 1.82) is 0 Å². The van der Waals surface area contributed by atoms with Crippen LogP contribution in [0, 0.1) is 11.8 Å². The Hall–Kier alpha value is -3.14. The van der Waals surface area contributed by atoms with Crippen LogP contribution in [0.2, 0.25) is 0 Å². The largest absolute Gasteiger partial charge is 0.505 e. The van der Waals surface area contributed by atoms with Gasteiger partial charge in [0.15, 0.2) is 5.69 Å². The third kappa shape index (κ3) is 4.28. The zero-order valence-corrected chi connectivity index (χ0v) is 15.4. The van der Waals surface area contributed by atoms with E-state index < -0.39 is 0 Å². The van der Waals surface area contributed by atoms with Gasteiger partial charge in [0.25, 0.3) is 0 Å². The second-order valence-electron chi connectivity index (χ2n) is 6.14. The fourth-order valence-corrected chi connectivity index (χ4v) is 2.53. The number of nitrogens with zero attached hydrogens (tertiary/aromatic N) is 1. The molecule has 0 spiro atoms. The summed E-state index contributed by atoms with van der Waals surface area (Å²) in [5, 5.41) is 12.4. The van der Waals surface area contributed by atoms with Crippen LogP contribution in [0.1, 0.15) is 25.8 Å². The lowest BCUT2D eigenvalue weighted by molar-refractivity contribution is 0.477. The number of aryl methyl sites for hydroxylation is 1. The van der Waals surface area contributed by atoms with Gasteiger partial charge in [0.2, 0.25) is 0 Å². The number of rotatable bonds is 3. The Bertz CT molecular complexity index is 870. The van der Waals surface area contributed by atoms with Crippen LogP contribution in [0.5, 0.6) is 5.75 Å². The number of nitrogens with two attached hydrogens (primary N) is 1. The number of benzene rings is 3. The van der Waals surface area contributed by atoms with Crippen LogP contribution in [0.3, 0.4) is 0 Å². The molecule has 0 bridgehead atoms. The minimum Gasteiger partial charge on any atom is -0.505 e. The normalized spacial score (nSPS) is 9.96. The zero-order valence-electron chi connectivity index (χ0n) is 15.4. The molecule has 0 aliphatic heterocycles. The SMILES string of the molecule is CCC.Cc1ccc(-c2ccc(-c3ccc(O)c(N=O)c3N)cc2)cc1. The van der Waals surface area contributed by atoms with E-state index in [4.69, 9.17) is 5.73 Å².